The number of ketones is 1. The first-order valence-corrected chi connectivity index (χ1v) is 10.2. The molecule has 0 aromatic carbocycles. The van der Waals surface area contributed by atoms with E-state index in [1.165, 1.54) is 25.7 Å². The summed E-state index contributed by atoms with van der Waals surface area (Å²) in [4.78, 5) is 12.4. The van der Waals surface area contributed by atoms with Crippen molar-refractivity contribution in [1.82, 2.24) is 0 Å². The molecule has 0 amide bonds. The minimum atomic E-state index is -0.427. The number of carbonyl (C=O) groups excluding carboxylic acids is 1. The second kappa shape index (κ2) is 4.65. The van der Waals surface area contributed by atoms with E-state index >= 15 is 0 Å². The standard InChI is InChI=1S/C21H32O3/c1-12(22)21-18(24-21)11-17-15-5-4-13-10-14(23)6-8-19(13,2)16(15)7-9-20(17,21)3/h13-18,23H,4-11H2,1-3H3/t13-,14-,15+,16-,17-,18-,19-,20-,21-/m0/s1. The molecule has 1 heterocycles. The summed E-state index contributed by atoms with van der Waals surface area (Å²) in [5.74, 6) is 3.22. The molecule has 3 nitrogen and oxygen atoms in total. The number of aliphatic hydroxyl groups excluding tert-OH is 1. The van der Waals surface area contributed by atoms with Crippen LogP contribution in [-0.4, -0.2) is 28.7 Å². The van der Waals surface area contributed by atoms with Gasteiger partial charge in [0, 0.05) is 5.41 Å². The number of fused-ring (bicyclic) bond motifs is 7. The van der Waals surface area contributed by atoms with Gasteiger partial charge in [0.05, 0.1) is 12.2 Å². The first-order valence-electron chi connectivity index (χ1n) is 10.2. The average molecular weight is 332 g/mol. The van der Waals surface area contributed by atoms with Gasteiger partial charge >= 0.3 is 0 Å². The number of hydrogen-bond donors (Lipinski definition) is 1. The van der Waals surface area contributed by atoms with Crippen LogP contribution in [-0.2, 0) is 9.53 Å². The SMILES string of the molecule is CC(=O)[C@]12O[C@H]1C[C@H]1[C@@H]3CC[C@H]4C[C@@H](O)CC[C@]4(C)[C@H]3CC[C@@]12C. The van der Waals surface area contributed by atoms with Gasteiger partial charge in [0.15, 0.2) is 11.4 Å². The predicted molar refractivity (Wildman–Crippen MR) is 91.4 cm³/mol. The molecule has 9 atom stereocenters. The lowest BCUT2D eigenvalue weighted by Gasteiger charge is -2.61. The molecule has 24 heavy (non-hydrogen) atoms. The summed E-state index contributed by atoms with van der Waals surface area (Å²) < 4.78 is 6.02. The summed E-state index contributed by atoms with van der Waals surface area (Å²) in [6.07, 6.45) is 9.45. The quantitative estimate of drug-likeness (QED) is 0.745. The molecular weight excluding hydrogens is 300 g/mol. The minimum Gasteiger partial charge on any atom is -0.393 e. The highest BCUT2D eigenvalue weighted by atomic mass is 16.6. The Morgan fingerprint density at radius 2 is 1.83 bits per heavy atom. The monoisotopic (exact) mass is 332 g/mol. The largest absolute Gasteiger partial charge is 0.393 e. The van der Waals surface area contributed by atoms with Gasteiger partial charge in [0.25, 0.3) is 0 Å². The molecule has 0 bridgehead atoms. The molecule has 1 N–H and O–H groups in total. The number of Topliss-reactive ketones (excluding diaryl/α,β-unsaturated/α-hetero) is 1. The first kappa shape index (κ1) is 15.8. The Hall–Kier alpha value is -0.410. The number of ether oxygens (including phenoxy) is 1. The molecule has 0 aromatic rings. The van der Waals surface area contributed by atoms with E-state index in [1.54, 1.807) is 6.92 Å². The summed E-state index contributed by atoms with van der Waals surface area (Å²) in [5.41, 5.74) is 0.0612. The van der Waals surface area contributed by atoms with E-state index in [0.717, 1.165) is 37.5 Å². The molecule has 0 unspecified atom stereocenters. The highest BCUT2D eigenvalue weighted by Gasteiger charge is 2.79. The predicted octanol–water partition coefficient (Wildman–Crippen LogP) is 3.73. The maximum absolute atomic E-state index is 12.4. The summed E-state index contributed by atoms with van der Waals surface area (Å²) in [7, 11) is 0. The second-order valence-electron chi connectivity index (χ2n) is 10.2. The Morgan fingerprint density at radius 3 is 2.58 bits per heavy atom. The Balaban J connectivity index is 1.47. The maximum Gasteiger partial charge on any atom is 0.164 e. The van der Waals surface area contributed by atoms with E-state index in [2.05, 4.69) is 13.8 Å². The summed E-state index contributed by atoms with van der Waals surface area (Å²) in [6, 6.07) is 0. The van der Waals surface area contributed by atoms with Gasteiger partial charge in [0.1, 0.15) is 0 Å². The summed E-state index contributed by atoms with van der Waals surface area (Å²) >= 11 is 0. The molecule has 1 saturated heterocycles. The molecule has 0 radical (unpaired) electrons. The van der Waals surface area contributed by atoms with Gasteiger partial charge in [0.2, 0.25) is 0 Å². The summed E-state index contributed by atoms with van der Waals surface area (Å²) in [6.45, 7) is 6.64. The highest BCUT2D eigenvalue weighted by molar-refractivity contribution is 5.90. The van der Waals surface area contributed by atoms with Crippen LogP contribution in [0.4, 0.5) is 0 Å². The Bertz CT molecular complexity index is 588. The van der Waals surface area contributed by atoms with E-state index in [0.29, 0.717) is 17.3 Å². The number of epoxide rings is 1. The Morgan fingerprint density at radius 1 is 1.04 bits per heavy atom. The molecule has 5 aliphatic rings. The molecule has 4 aliphatic carbocycles. The van der Waals surface area contributed by atoms with Gasteiger partial charge in [-0.05, 0) is 87.4 Å². The zero-order chi connectivity index (χ0) is 16.9. The lowest BCUT2D eigenvalue weighted by Crippen LogP contribution is -2.56. The van der Waals surface area contributed by atoms with Crippen LogP contribution < -0.4 is 0 Å². The van der Waals surface area contributed by atoms with Crippen LogP contribution in [0.3, 0.4) is 0 Å². The third-order valence-corrected chi connectivity index (χ3v) is 9.59. The molecule has 0 spiro atoms. The van der Waals surface area contributed by atoms with Crippen LogP contribution in [0.1, 0.15) is 72.1 Å². The van der Waals surface area contributed by atoms with Gasteiger partial charge in [-0.15, -0.1) is 0 Å². The van der Waals surface area contributed by atoms with Crippen molar-refractivity contribution in [3.8, 4) is 0 Å². The lowest BCUT2D eigenvalue weighted by atomic mass is 9.44. The van der Waals surface area contributed by atoms with Gasteiger partial charge in [-0.1, -0.05) is 13.8 Å². The van der Waals surface area contributed by atoms with Crippen LogP contribution in [0.25, 0.3) is 0 Å². The van der Waals surface area contributed by atoms with Crippen molar-refractivity contribution < 1.29 is 14.6 Å². The Kier molecular flexibility index (Phi) is 3.06. The van der Waals surface area contributed by atoms with Crippen LogP contribution in [0.2, 0.25) is 0 Å². The van der Waals surface area contributed by atoms with E-state index in [1.807, 2.05) is 0 Å². The van der Waals surface area contributed by atoms with Gasteiger partial charge < -0.3 is 9.84 Å². The van der Waals surface area contributed by atoms with Gasteiger partial charge in [-0.3, -0.25) is 4.79 Å². The first-order chi connectivity index (χ1) is 11.3. The molecule has 4 saturated carbocycles. The molecule has 0 aromatic heterocycles. The fraction of sp³-hybridized carbons (Fsp3) is 0.952. The molecule has 5 fully saturated rings. The molecule has 134 valence electrons. The van der Waals surface area contributed by atoms with E-state index in [4.69, 9.17) is 4.74 Å². The van der Waals surface area contributed by atoms with Crippen molar-refractivity contribution >= 4 is 5.78 Å². The number of hydrogen-bond acceptors (Lipinski definition) is 3. The number of carbonyl (C=O) groups is 1. The van der Waals surface area contributed by atoms with Crippen LogP contribution >= 0.6 is 0 Å². The van der Waals surface area contributed by atoms with E-state index in [-0.39, 0.29) is 23.4 Å². The van der Waals surface area contributed by atoms with Gasteiger partial charge in [-0.2, -0.15) is 0 Å². The van der Waals surface area contributed by atoms with Gasteiger partial charge in [-0.25, -0.2) is 0 Å². The normalized spacial score (nSPS) is 61.3. The van der Waals surface area contributed by atoms with Crippen LogP contribution in [0.5, 0.6) is 0 Å². The van der Waals surface area contributed by atoms with Crippen molar-refractivity contribution in [2.45, 2.75) is 89.9 Å². The van der Waals surface area contributed by atoms with Crippen molar-refractivity contribution in [3.05, 3.63) is 0 Å². The third-order valence-electron chi connectivity index (χ3n) is 9.59. The van der Waals surface area contributed by atoms with E-state index < -0.39 is 5.60 Å². The zero-order valence-electron chi connectivity index (χ0n) is 15.4. The fourth-order valence-corrected chi connectivity index (χ4v) is 8.30. The topological polar surface area (TPSA) is 49.8 Å². The van der Waals surface area contributed by atoms with E-state index in [9.17, 15) is 9.90 Å². The lowest BCUT2D eigenvalue weighted by molar-refractivity contribution is -0.151. The van der Waals surface area contributed by atoms with Crippen molar-refractivity contribution in [2.75, 3.05) is 0 Å². The second-order valence-corrected chi connectivity index (χ2v) is 10.2. The third kappa shape index (κ3) is 1.65. The minimum absolute atomic E-state index is 0.0676. The smallest absolute Gasteiger partial charge is 0.164 e. The van der Waals surface area contributed by atoms with Crippen molar-refractivity contribution in [1.29, 1.82) is 0 Å². The molecule has 5 rings (SSSR count). The van der Waals surface area contributed by atoms with Crippen molar-refractivity contribution in [3.63, 3.8) is 0 Å². The number of rotatable bonds is 1. The summed E-state index contributed by atoms with van der Waals surface area (Å²) in [5, 5.41) is 10.1. The fourth-order valence-electron chi connectivity index (χ4n) is 8.30. The molecule has 3 heteroatoms. The van der Waals surface area contributed by atoms with Crippen LogP contribution in [0.15, 0.2) is 0 Å². The maximum atomic E-state index is 12.4. The Labute approximate surface area is 145 Å². The molecular formula is C21H32O3. The average Bonchev–Trinajstić information content (AvgIpc) is 3.21. The zero-order valence-corrected chi connectivity index (χ0v) is 15.4. The van der Waals surface area contributed by atoms with Crippen molar-refractivity contribution in [2.24, 2.45) is 34.5 Å². The van der Waals surface area contributed by atoms with Crippen LogP contribution in [0, 0.1) is 34.5 Å². The number of aliphatic hydroxyl groups is 1. The molecule has 1 aliphatic heterocycles. The highest BCUT2D eigenvalue weighted by Crippen LogP contribution is 2.73.